The van der Waals surface area contributed by atoms with Gasteiger partial charge < -0.3 is 15.3 Å². The molecule has 0 amide bonds. The van der Waals surface area contributed by atoms with E-state index < -0.39 is 21.5 Å². The molecule has 3 N–H and O–H groups in total. The minimum absolute atomic E-state index is 0.0182. The Hall–Kier alpha value is -3.50. The Labute approximate surface area is 176 Å². The number of sulfone groups is 1. The lowest BCUT2D eigenvalue weighted by Crippen LogP contribution is -2.13. The Morgan fingerprint density at radius 2 is 1.93 bits per heavy atom. The number of aromatic nitrogens is 2. The van der Waals surface area contributed by atoms with Gasteiger partial charge in [-0.3, -0.25) is 0 Å². The zero-order valence-electron chi connectivity index (χ0n) is 15.5. The minimum Gasteiger partial charge on any atom is -0.477 e. The zero-order valence-corrected chi connectivity index (χ0v) is 17.1. The van der Waals surface area contributed by atoms with Gasteiger partial charge in [0.1, 0.15) is 11.4 Å². The van der Waals surface area contributed by atoms with Crippen LogP contribution in [0.2, 0.25) is 5.02 Å². The van der Waals surface area contributed by atoms with Gasteiger partial charge in [0.25, 0.3) is 5.89 Å². The van der Waals surface area contributed by atoms with Gasteiger partial charge in [0.15, 0.2) is 9.84 Å². The van der Waals surface area contributed by atoms with Crippen LogP contribution in [0.25, 0.3) is 11.5 Å². The molecule has 0 atom stereocenters. The van der Waals surface area contributed by atoms with Crippen molar-refractivity contribution in [1.29, 1.82) is 0 Å². The number of benzene rings is 2. The third kappa shape index (κ3) is 4.91. The van der Waals surface area contributed by atoms with E-state index in [-0.39, 0.29) is 22.4 Å². The SMILES string of the molecule is CS(=O)(=O)c1cccc(-c2nnc(C(/C=C(\N)C(=O)O)=Nc3ccccc3Cl)o2)c1. The summed E-state index contributed by atoms with van der Waals surface area (Å²) in [4.78, 5) is 15.5. The minimum atomic E-state index is -3.43. The van der Waals surface area contributed by atoms with Crippen molar-refractivity contribution in [3.8, 4) is 11.5 Å². The largest absolute Gasteiger partial charge is 0.477 e. The highest BCUT2D eigenvalue weighted by Crippen LogP contribution is 2.26. The zero-order chi connectivity index (χ0) is 21.9. The Morgan fingerprint density at radius 3 is 2.60 bits per heavy atom. The van der Waals surface area contributed by atoms with E-state index in [0.717, 1.165) is 12.3 Å². The predicted molar refractivity (Wildman–Crippen MR) is 110 cm³/mol. The molecule has 0 saturated carbocycles. The normalized spacial score (nSPS) is 12.7. The molecule has 3 rings (SSSR count). The molecule has 1 aromatic heterocycles. The summed E-state index contributed by atoms with van der Waals surface area (Å²) in [6, 6.07) is 12.6. The smallest absolute Gasteiger partial charge is 0.351 e. The number of nitrogens with zero attached hydrogens (tertiary/aromatic N) is 3. The van der Waals surface area contributed by atoms with Crippen LogP contribution < -0.4 is 5.73 Å². The molecule has 11 heteroatoms. The number of allylic oxidation sites excluding steroid dienone is 1. The summed E-state index contributed by atoms with van der Waals surface area (Å²) in [5.74, 6) is -1.47. The van der Waals surface area contributed by atoms with Crippen molar-refractivity contribution >= 4 is 38.8 Å². The number of nitrogens with two attached hydrogens (primary N) is 1. The third-order valence-corrected chi connectivity index (χ3v) is 5.22. The molecule has 0 aliphatic heterocycles. The summed E-state index contributed by atoms with van der Waals surface area (Å²) < 4.78 is 29.2. The van der Waals surface area contributed by atoms with Crippen LogP contribution >= 0.6 is 11.6 Å². The van der Waals surface area contributed by atoms with Crippen LogP contribution in [-0.4, -0.2) is 41.7 Å². The average Bonchev–Trinajstić information content (AvgIpc) is 3.18. The quantitative estimate of drug-likeness (QED) is 0.433. The molecule has 0 unspecified atom stereocenters. The molecule has 1 heterocycles. The maximum atomic E-state index is 11.8. The Balaban J connectivity index is 2.09. The van der Waals surface area contributed by atoms with Crippen molar-refractivity contribution in [2.75, 3.05) is 6.26 Å². The van der Waals surface area contributed by atoms with Gasteiger partial charge >= 0.3 is 5.97 Å². The standard InChI is InChI=1S/C19H15ClN4O5S/c1-30(27,28)12-6-4-5-11(9-12)17-23-24-18(29-17)16(10-14(21)19(25)26)22-15-8-3-2-7-13(15)20/h2-10H,21H2,1H3,(H,25,26)/b14-10-,22-16?. The summed E-state index contributed by atoms with van der Waals surface area (Å²) in [5, 5.41) is 17.2. The number of carbonyl (C=O) groups is 1. The topological polar surface area (TPSA) is 149 Å². The van der Waals surface area contributed by atoms with Crippen molar-refractivity contribution < 1.29 is 22.7 Å². The van der Waals surface area contributed by atoms with E-state index in [9.17, 15) is 13.2 Å². The van der Waals surface area contributed by atoms with E-state index in [2.05, 4.69) is 15.2 Å². The molecule has 0 aliphatic rings. The van der Waals surface area contributed by atoms with Crippen molar-refractivity contribution in [2.24, 2.45) is 10.7 Å². The van der Waals surface area contributed by atoms with Crippen LogP contribution in [0, 0.1) is 0 Å². The lowest BCUT2D eigenvalue weighted by molar-refractivity contribution is -0.132. The highest BCUT2D eigenvalue weighted by atomic mass is 35.5. The summed E-state index contributed by atoms with van der Waals surface area (Å²) >= 11 is 6.12. The first-order valence-electron chi connectivity index (χ1n) is 8.33. The number of hydrogen-bond acceptors (Lipinski definition) is 8. The fourth-order valence-electron chi connectivity index (χ4n) is 2.33. The molecule has 0 bridgehead atoms. The predicted octanol–water partition coefficient (Wildman–Crippen LogP) is 2.84. The van der Waals surface area contributed by atoms with E-state index >= 15 is 0 Å². The highest BCUT2D eigenvalue weighted by molar-refractivity contribution is 7.90. The van der Waals surface area contributed by atoms with Crippen LogP contribution in [0.1, 0.15) is 5.89 Å². The lowest BCUT2D eigenvalue weighted by atomic mass is 10.2. The van der Waals surface area contributed by atoms with E-state index in [1.165, 1.54) is 18.2 Å². The van der Waals surface area contributed by atoms with Gasteiger partial charge in [-0.05, 0) is 36.4 Å². The van der Waals surface area contributed by atoms with Gasteiger partial charge in [0.05, 0.1) is 15.6 Å². The first-order valence-corrected chi connectivity index (χ1v) is 10.6. The van der Waals surface area contributed by atoms with Gasteiger partial charge in [0.2, 0.25) is 5.89 Å². The Bertz CT molecular complexity index is 1280. The number of hydrogen-bond donors (Lipinski definition) is 2. The first-order chi connectivity index (χ1) is 14.1. The van der Waals surface area contributed by atoms with Crippen molar-refractivity contribution in [3.05, 3.63) is 71.2 Å². The van der Waals surface area contributed by atoms with Crippen LogP contribution in [0.4, 0.5) is 5.69 Å². The summed E-state index contributed by atoms with van der Waals surface area (Å²) in [6.07, 6.45) is 2.15. The number of rotatable bonds is 6. The fraction of sp³-hybridized carbons (Fsp3) is 0.0526. The molecule has 0 fully saturated rings. The molecule has 9 nitrogen and oxygen atoms in total. The summed E-state index contributed by atoms with van der Waals surface area (Å²) in [7, 11) is -3.43. The average molecular weight is 447 g/mol. The second-order valence-electron chi connectivity index (χ2n) is 6.07. The maximum Gasteiger partial charge on any atom is 0.351 e. The molecule has 30 heavy (non-hydrogen) atoms. The van der Waals surface area contributed by atoms with E-state index in [4.69, 9.17) is 26.9 Å². The molecule has 0 aliphatic carbocycles. The van der Waals surface area contributed by atoms with Gasteiger partial charge in [-0.2, -0.15) is 0 Å². The molecule has 0 radical (unpaired) electrons. The number of carboxylic acids is 1. The van der Waals surface area contributed by atoms with Crippen LogP contribution in [0.5, 0.6) is 0 Å². The number of aliphatic imine (C=N–C) groups is 1. The second-order valence-corrected chi connectivity index (χ2v) is 8.49. The maximum absolute atomic E-state index is 11.8. The van der Waals surface area contributed by atoms with Crippen molar-refractivity contribution in [1.82, 2.24) is 10.2 Å². The first kappa shape index (κ1) is 21.2. The molecule has 3 aromatic rings. The number of para-hydroxylation sites is 1. The van der Waals surface area contributed by atoms with Gasteiger partial charge in [0, 0.05) is 11.8 Å². The molecule has 154 valence electrons. The van der Waals surface area contributed by atoms with Crippen molar-refractivity contribution in [2.45, 2.75) is 4.90 Å². The van der Waals surface area contributed by atoms with Gasteiger partial charge in [-0.15, -0.1) is 10.2 Å². The Kier molecular flexibility index (Phi) is 5.99. The fourth-order valence-corrected chi connectivity index (χ4v) is 3.17. The third-order valence-electron chi connectivity index (χ3n) is 3.79. The summed E-state index contributed by atoms with van der Waals surface area (Å²) in [6.45, 7) is 0. The van der Waals surface area contributed by atoms with E-state index in [1.54, 1.807) is 30.3 Å². The van der Waals surface area contributed by atoms with Crippen LogP contribution in [-0.2, 0) is 14.6 Å². The number of aliphatic carboxylic acids is 1. The van der Waals surface area contributed by atoms with E-state index in [0.29, 0.717) is 16.3 Å². The lowest BCUT2D eigenvalue weighted by Gasteiger charge is -2.01. The molecular formula is C19H15ClN4O5S. The molecule has 0 spiro atoms. The van der Waals surface area contributed by atoms with Crippen LogP contribution in [0.3, 0.4) is 0 Å². The van der Waals surface area contributed by atoms with Crippen LogP contribution in [0.15, 0.2) is 74.6 Å². The Morgan fingerprint density at radius 1 is 1.20 bits per heavy atom. The molecule has 0 saturated heterocycles. The molecule has 2 aromatic carbocycles. The van der Waals surface area contributed by atoms with Gasteiger partial charge in [-0.25, -0.2) is 18.2 Å². The highest BCUT2D eigenvalue weighted by Gasteiger charge is 2.17. The summed E-state index contributed by atoms with van der Waals surface area (Å²) in [5.41, 5.74) is 5.70. The van der Waals surface area contributed by atoms with Crippen molar-refractivity contribution in [3.63, 3.8) is 0 Å². The second kappa shape index (κ2) is 8.47. The van der Waals surface area contributed by atoms with Gasteiger partial charge in [-0.1, -0.05) is 29.8 Å². The molecular weight excluding hydrogens is 432 g/mol. The number of carboxylic acid groups (broad SMARTS) is 1. The number of halogens is 1. The monoisotopic (exact) mass is 446 g/mol. The van der Waals surface area contributed by atoms with E-state index in [1.807, 2.05) is 0 Å².